The predicted octanol–water partition coefficient (Wildman–Crippen LogP) is 1.46. The molecular weight excluding hydrogens is 363 g/mol. The van der Waals surface area contributed by atoms with Gasteiger partial charge in [-0.2, -0.15) is 30.4 Å². The molecule has 13 heteroatoms. The molecule has 1 unspecified atom stereocenters. The lowest BCUT2D eigenvalue weighted by molar-refractivity contribution is -0.238. The van der Waals surface area contributed by atoms with Crippen molar-refractivity contribution in [3.05, 3.63) is 30.3 Å². The highest BCUT2D eigenvalue weighted by Gasteiger charge is 2.63. The van der Waals surface area contributed by atoms with E-state index >= 15 is 0 Å². The van der Waals surface area contributed by atoms with Crippen molar-refractivity contribution in [3.63, 3.8) is 0 Å². The number of hydrogen-bond acceptors (Lipinski definition) is 6. The van der Waals surface area contributed by atoms with Crippen molar-refractivity contribution < 1.29 is 47.5 Å². The van der Waals surface area contributed by atoms with Gasteiger partial charge in [-0.05, 0) is 12.1 Å². The summed E-state index contributed by atoms with van der Waals surface area (Å²) in [4.78, 5) is -0.927. The molecule has 0 radical (unpaired) electrons. The molecule has 22 heavy (non-hydrogen) atoms. The topological polar surface area (TPSA) is 101 Å². The Morgan fingerprint density at radius 3 is 1.77 bits per heavy atom. The summed E-state index contributed by atoms with van der Waals surface area (Å²) in [5, 5.41) is -6.03. The monoisotopic (exact) mass is 369 g/mol. The highest BCUT2D eigenvalue weighted by molar-refractivity contribution is 7.87. The second-order valence-electron chi connectivity index (χ2n) is 3.80. The number of hydrogen-bond donors (Lipinski definition) is 0. The van der Waals surface area contributed by atoms with E-state index in [0.717, 1.165) is 24.3 Å². The van der Waals surface area contributed by atoms with Crippen molar-refractivity contribution in [2.75, 3.05) is 0 Å². The molecule has 0 heterocycles. The van der Waals surface area contributed by atoms with Gasteiger partial charge in [-0.15, -0.1) is 0 Å². The summed E-state index contributed by atoms with van der Waals surface area (Å²) in [5.41, 5.74) is 0. The Morgan fingerprint density at radius 1 is 0.955 bits per heavy atom. The molecule has 1 aromatic carbocycles. The predicted molar refractivity (Wildman–Crippen MR) is 59.2 cm³/mol. The number of alkyl halides is 5. The fourth-order valence-electron chi connectivity index (χ4n) is 1.20. The van der Waals surface area contributed by atoms with Gasteiger partial charge in [0, 0.05) is 0 Å². The third-order valence-electron chi connectivity index (χ3n) is 2.19. The summed E-state index contributed by atoms with van der Waals surface area (Å²) in [7, 11) is -12.2. The number of halogens is 5. The molecule has 0 fully saturated rings. The molecule has 0 N–H and O–H groups in total. The molecular formula is C9H6F5O6S2-. The normalized spacial score (nSPS) is 15.5. The van der Waals surface area contributed by atoms with Gasteiger partial charge in [-0.1, -0.05) is 18.2 Å². The third kappa shape index (κ3) is 3.91. The molecule has 0 aromatic heterocycles. The van der Waals surface area contributed by atoms with Crippen molar-refractivity contribution in [3.8, 4) is 0 Å². The molecule has 0 saturated carbocycles. The zero-order chi connectivity index (χ0) is 17.4. The molecule has 1 rings (SSSR count). The van der Waals surface area contributed by atoms with Crippen LogP contribution in [0.15, 0.2) is 35.2 Å². The van der Waals surface area contributed by atoms with Crippen LogP contribution in [0.2, 0.25) is 0 Å². The van der Waals surface area contributed by atoms with Crippen LogP contribution in [0.1, 0.15) is 0 Å². The molecule has 1 atom stereocenters. The maximum atomic E-state index is 13.1. The summed E-state index contributed by atoms with van der Waals surface area (Å²) in [6.07, 6.45) is -10.8. The Kier molecular flexibility index (Phi) is 4.87. The van der Waals surface area contributed by atoms with Crippen molar-refractivity contribution in [1.29, 1.82) is 0 Å². The minimum Gasteiger partial charge on any atom is -0.743 e. The van der Waals surface area contributed by atoms with Crippen LogP contribution in [-0.2, 0) is 24.4 Å². The van der Waals surface area contributed by atoms with Crippen LogP contribution in [0.4, 0.5) is 22.0 Å². The Balaban J connectivity index is 3.34. The molecule has 1 aromatic rings. The van der Waals surface area contributed by atoms with Crippen LogP contribution in [0.25, 0.3) is 0 Å². The van der Waals surface area contributed by atoms with E-state index in [2.05, 4.69) is 4.18 Å². The number of rotatable bonds is 5. The molecule has 0 aliphatic rings. The van der Waals surface area contributed by atoms with E-state index in [1.807, 2.05) is 0 Å². The Morgan fingerprint density at radius 2 is 1.41 bits per heavy atom. The summed E-state index contributed by atoms with van der Waals surface area (Å²) < 4.78 is 121. The molecule has 0 saturated heterocycles. The van der Waals surface area contributed by atoms with E-state index < -0.39 is 42.7 Å². The van der Waals surface area contributed by atoms with Crippen molar-refractivity contribution in [1.82, 2.24) is 0 Å². The zero-order valence-electron chi connectivity index (χ0n) is 10.1. The number of benzene rings is 1. The molecule has 6 nitrogen and oxygen atoms in total. The average Bonchev–Trinajstić information content (AvgIpc) is 2.34. The standard InChI is InChI=1S/C9H7F5O6S2/c10-8(11,12)7(9(13,14)22(17,18)19)20-21(15,16)6-4-2-1-3-5-6/h1-5,7H,(H,17,18,19)/p-1. The summed E-state index contributed by atoms with van der Waals surface area (Å²) in [6.45, 7) is 0. The van der Waals surface area contributed by atoms with Crippen molar-refractivity contribution in [2.24, 2.45) is 0 Å². The van der Waals surface area contributed by atoms with Crippen LogP contribution in [-0.4, -0.2) is 38.9 Å². The van der Waals surface area contributed by atoms with E-state index in [4.69, 9.17) is 0 Å². The van der Waals surface area contributed by atoms with Crippen LogP contribution < -0.4 is 0 Å². The summed E-state index contributed by atoms with van der Waals surface area (Å²) >= 11 is 0. The Labute approximate surface area is 121 Å². The SMILES string of the molecule is O=S(=O)(OC(C(F)(F)F)C(F)(F)S(=O)(=O)[O-])c1ccccc1. The lowest BCUT2D eigenvalue weighted by Crippen LogP contribution is -2.52. The highest BCUT2D eigenvalue weighted by Crippen LogP contribution is 2.39. The average molecular weight is 369 g/mol. The zero-order valence-corrected chi connectivity index (χ0v) is 11.8. The van der Waals surface area contributed by atoms with Gasteiger partial charge in [0.25, 0.3) is 10.1 Å². The first kappa shape index (κ1) is 18.7. The maximum Gasteiger partial charge on any atom is 0.423 e. The van der Waals surface area contributed by atoms with E-state index in [-0.39, 0.29) is 0 Å². The van der Waals surface area contributed by atoms with Gasteiger partial charge in [0.15, 0.2) is 10.1 Å². The van der Waals surface area contributed by atoms with Crippen LogP contribution in [0, 0.1) is 0 Å². The molecule has 0 aliphatic carbocycles. The minimum atomic E-state index is -6.83. The smallest absolute Gasteiger partial charge is 0.423 e. The third-order valence-corrected chi connectivity index (χ3v) is 4.37. The van der Waals surface area contributed by atoms with Gasteiger partial charge >= 0.3 is 11.4 Å². The van der Waals surface area contributed by atoms with E-state index in [1.54, 1.807) is 0 Å². The van der Waals surface area contributed by atoms with Gasteiger partial charge < -0.3 is 4.55 Å². The van der Waals surface area contributed by atoms with Crippen LogP contribution in [0.3, 0.4) is 0 Å². The van der Waals surface area contributed by atoms with E-state index in [1.165, 1.54) is 6.07 Å². The molecule has 0 bridgehead atoms. The van der Waals surface area contributed by atoms with Crippen LogP contribution in [0.5, 0.6) is 0 Å². The van der Waals surface area contributed by atoms with E-state index in [9.17, 15) is 43.3 Å². The van der Waals surface area contributed by atoms with Crippen LogP contribution >= 0.6 is 0 Å². The lowest BCUT2D eigenvalue weighted by Gasteiger charge is -2.29. The fourth-order valence-corrected chi connectivity index (χ4v) is 2.79. The highest BCUT2D eigenvalue weighted by atomic mass is 32.2. The molecule has 0 spiro atoms. The molecule has 0 amide bonds. The van der Waals surface area contributed by atoms with Gasteiger partial charge in [-0.25, -0.2) is 12.6 Å². The van der Waals surface area contributed by atoms with Gasteiger partial charge in [0.05, 0.1) is 4.90 Å². The van der Waals surface area contributed by atoms with E-state index in [0.29, 0.717) is 0 Å². The first-order valence-corrected chi connectivity index (χ1v) is 7.89. The minimum absolute atomic E-state index is 0.729. The first-order valence-electron chi connectivity index (χ1n) is 5.08. The molecule has 126 valence electrons. The fraction of sp³-hybridized carbons (Fsp3) is 0.333. The largest absolute Gasteiger partial charge is 0.743 e. The summed E-state index contributed by atoms with van der Waals surface area (Å²) in [5.74, 6) is 0. The first-order chi connectivity index (χ1) is 9.69. The maximum absolute atomic E-state index is 13.1. The van der Waals surface area contributed by atoms with Gasteiger partial charge in [-0.3, -0.25) is 0 Å². The Hall–Kier alpha value is -1.31. The van der Waals surface area contributed by atoms with Gasteiger partial charge in [0.1, 0.15) is 0 Å². The Bertz CT molecular complexity index is 726. The van der Waals surface area contributed by atoms with Crippen molar-refractivity contribution in [2.45, 2.75) is 22.4 Å². The second-order valence-corrected chi connectivity index (χ2v) is 6.83. The lowest BCUT2D eigenvalue weighted by atomic mass is 10.3. The summed E-state index contributed by atoms with van der Waals surface area (Å²) in [6, 6.07) is 4.85. The quantitative estimate of drug-likeness (QED) is 0.443. The second kappa shape index (κ2) is 5.72. The molecule has 0 aliphatic heterocycles. The van der Waals surface area contributed by atoms with Gasteiger partial charge in [0.2, 0.25) is 6.10 Å². The van der Waals surface area contributed by atoms with Crippen molar-refractivity contribution >= 4 is 20.2 Å².